The highest BCUT2D eigenvalue weighted by Crippen LogP contribution is 2.07. The molecule has 1 aliphatic rings. The van der Waals surface area contributed by atoms with Crippen molar-refractivity contribution in [2.24, 2.45) is 5.92 Å². The van der Waals surface area contributed by atoms with E-state index in [4.69, 9.17) is 4.74 Å². The van der Waals surface area contributed by atoms with Crippen molar-refractivity contribution in [2.45, 2.75) is 39.5 Å². The number of urea groups is 1. The van der Waals surface area contributed by atoms with Crippen LogP contribution in [-0.2, 0) is 11.3 Å². The Bertz CT molecular complexity index is 463. The molecule has 0 spiro atoms. The van der Waals surface area contributed by atoms with Crippen molar-refractivity contribution in [3.8, 4) is 0 Å². The minimum atomic E-state index is -0.158. The molecule has 2 heterocycles. The van der Waals surface area contributed by atoms with Crippen LogP contribution in [0.2, 0.25) is 0 Å². The van der Waals surface area contributed by atoms with Crippen molar-refractivity contribution < 1.29 is 9.53 Å². The third-order valence-corrected chi connectivity index (χ3v) is 3.73. The highest BCUT2D eigenvalue weighted by atomic mass is 16.5. The third-order valence-electron chi connectivity index (χ3n) is 3.73. The summed E-state index contributed by atoms with van der Waals surface area (Å²) in [7, 11) is 0. The summed E-state index contributed by atoms with van der Waals surface area (Å²) < 4.78 is 7.54. The summed E-state index contributed by atoms with van der Waals surface area (Å²) in [6.45, 7) is 11.3. The largest absolute Gasteiger partial charge is 0.374 e. The van der Waals surface area contributed by atoms with Crippen molar-refractivity contribution in [3.63, 3.8) is 0 Å². The Morgan fingerprint density at radius 3 is 2.91 bits per heavy atom. The summed E-state index contributed by atoms with van der Waals surface area (Å²) in [6, 6.07) is 1.73. The van der Waals surface area contributed by atoms with Crippen LogP contribution < -0.4 is 10.6 Å². The van der Waals surface area contributed by atoms with Crippen molar-refractivity contribution in [1.29, 1.82) is 0 Å². The predicted molar refractivity (Wildman–Crippen MR) is 89.2 cm³/mol. The van der Waals surface area contributed by atoms with E-state index in [-0.39, 0.29) is 18.2 Å². The van der Waals surface area contributed by atoms with E-state index >= 15 is 0 Å². The summed E-state index contributed by atoms with van der Waals surface area (Å²) in [6.07, 6.45) is 3.68. The topological polar surface area (TPSA) is 71.4 Å². The average Bonchev–Trinajstić information content (AvgIpc) is 2.97. The molecule has 0 radical (unpaired) electrons. The van der Waals surface area contributed by atoms with Gasteiger partial charge in [0.15, 0.2) is 0 Å². The Balaban J connectivity index is 1.65. The Hall–Kier alpha value is -1.60. The van der Waals surface area contributed by atoms with Gasteiger partial charge >= 0.3 is 6.03 Å². The number of nitrogens with zero attached hydrogens (tertiary/aromatic N) is 3. The lowest BCUT2D eigenvalue weighted by Crippen LogP contribution is -2.50. The van der Waals surface area contributed by atoms with Crippen LogP contribution in [-0.4, -0.2) is 65.6 Å². The van der Waals surface area contributed by atoms with Gasteiger partial charge in [-0.2, -0.15) is 5.10 Å². The highest BCUT2D eigenvalue weighted by Gasteiger charge is 2.21. The van der Waals surface area contributed by atoms with E-state index in [1.54, 1.807) is 10.9 Å². The first kappa shape index (κ1) is 17.7. The Labute approximate surface area is 138 Å². The maximum absolute atomic E-state index is 12.0. The zero-order valence-corrected chi connectivity index (χ0v) is 14.4. The first-order valence-electron chi connectivity index (χ1n) is 8.38. The second-order valence-corrected chi connectivity index (χ2v) is 6.63. The fourth-order valence-electron chi connectivity index (χ4n) is 2.80. The first-order chi connectivity index (χ1) is 11.0. The number of aromatic nitrogens is 2. The van der Waals surface area contributed by atoms with Gasteiger partial charge in [-0.05, 0) is 18.9 Å². The fourth-order valence-corrected chi connectivity index (χ4v) is 2.80. The van der Waals surface area contributed by atoms with Crippen LogP contribution in [0.3, 0.4) is 0 Å². The van der Waals surface area contributed by atoms with Crippen LogP contribution in [0.4, 0.5) is 4.79 Å². The number of hydrogen-bond donors (Lipinski definition) is 2. The summed E-state index contributed by atoms with van der Waals surface area (Å²) in [5.41, 5.74) is 0. The van der Waals surface area contributed by atoms with Gasteiger partial charge in [0, 0.05) is 44.6 Å². The standard InChI is InChI=1S/C16H29N5O2/c1-13(2)10-20-7-8-23-15(12-20)9-17-16(22)19-14(3)11-21-6-4-5-18-21/h4-6,13-15H,7-12H2,1-3H3,(H2,17,19,22)/t14-,15+/m0/s1. The van der Waals surface area contributed by atoms with E-state index in [1.807, 2.05) is 19.2 Å². The van der Waals surface area contributed by atoms with Crippen molar-refractivity contribution in [2.75, 3.05) is 32.8 Å². The Kier molecular flexibility index (Phi) is 6.85. The molecule has 0 saturated carbocycles. The van der Waals surface area contributed by atoms with Crippen molar-refractivity contribution in [3.05, 3.63) is 18.5 Å². The molecule has 7 nitrogen and oxygen atoms in total. The third kappa shape index (κ3) is 6.58. The average molecular weight is 323 g/mol. The van der Waals surface area contributed by atoms with Crippen molar-refractivity contribution >= 4 is 6.03 Å². The number of morpholine rings is 1. The van der Waals surface area contributed by atoms with Crippen LogP contribution in [0, 0.1) is 5.92 Å². The molecule has 2 N–H and O–H groups in total. The monoisotopic (exact) mass is 323 g/mol. The molecule has 0 unspecified atom stereocenters. The number of carbonyl (C=O) groups is 1. The molecule has 2 rings (SSSR count). The molecule has 1 aromatic rings. The molecular weight excluding hydrogens is 294 g/mol. The molecule has 2 atom stereocenters. The molecule has 0 aliphatic carbocycles. The van der Waals surface area contributed by atoms with Crippen LogP contribution in [0.15, 0.2) is 18.5 Å². The van der Waals surface area contributed by atoms with Crippen molar-refractivity contribution in [1.82, 2.24) is 25.3 Å². The number of hydrogen-bond acceptors (Lipinski definition) is 4. The lowest BCUT2D eigenvalue weighted by Gasteiger charge is -2.34. The molecular formula is C16H29N5O2. The number of rotatable bonds is 7. The molecule has 23 heavy (non-hydrogen) atoms. The lowest BCUT2D eigenvalue weighted by atomic mass is 10.2. The summed E-state index contributed by atoms with van der Waals surface area (Å²) in [4.78, 5) is 14.4. The summed E-state index contributed by atoms with van der Waals surface area (Å²) in [5, 5.41) is 9.96. The van der Waals surface area contributed by atoms with E-state index in [0.29, 0.717) is 19.0 Å². The molecule has 1 fully saturated rings. The molecule has 7 heteroatoms. The number of nitrogens with one attached hydrogen (secondary N) is 2. The maximum atomic E-state index is 12.0. The quantitative estimate of drug-likeness (QED) is 0.783. The summed E-state index contributed by atoms with van der Waals surface area (Å²) >= 11 is 0. The van der Waals surface area contributed by atoms with Crippen LogP contribution >= 0.6 is 0 Å². The van der Waals surface area contributed by atoms with Gasteiger partial charge in [-0.15, -0.1) is 0 Å². The summed E-state index contributed by atoms with van der Waals surface area (Å²) in [5.74, 6) is 0.646. The zero-order valence-electron chi connectivity index (χ0n) is 14.4. The normalized spacial score (nSPS) is 20.4. The van der Waals surface area contributed by atoms with Crippen LogP contribution in [0.25, 0.3) is 0 Å². The van der Waals surface area contributed by atoms with E-state index < -0.39 is 0 Å². The second kappa shape index (κ2) is 8.88. The first-order valence-corrected chi connectivity index (χ1v) is 8.38. The number of amides is 2. The Morgan fingerprint density at radius 1 is 1.39 bits per heavy atom. The maximum Gasteiger partial charge on any atom is 0.315 e. The van der Waals surface area contributed by atoms with E-state index in [0.717, 1.165) is 26.2 Å². The van der Waals surface area contributed by atoms with Gasteiger partial charge in [0.25, 0.3) is 0 Å². The van der Waals surface area contributed by atoms with Crippen LogP contribution in [0.5, 0.6) is 0 Å². The zero-order chi connectivity index (χ0) is 16.7. The minimum Gasteiger partial charge on any atom is -0.374 e. The lowest BCUT2D eigenvalue weighted by molar-refractivity contribution is -0.0290. The Morgan fingerprint density at radius 2 is 2.22 bits per heavy atom. The van der Waals surface area contributed by atoms with Gasteiger partial charge in [0.05, 0.1) is 19.3 Å². The minimum absolute atomic E-state index is 0.0135. The molecule has 0 bridgehead atoms. The van der Waals surface area contributed by atoms with E-state index in [2.05, 4.69) is 34.5 Å². The number of ether oxygens (including phenoxy) is 1. The molecule has 1 aliphatic heterocycles. The molecule has 1 aromatic heterocycles. The smallest absolute Gasteiger partial charge is 0.315 e. The second-order valence-electron chi connectivity index (χ2n) is 6.63. The molecule has 0 aromatic carbocycles. The molecule has 130 valence electrons. The van der Waals surface area contributed by atoms with Gasteiger partial charge in [-0.25, -0.2) is 4.79 Å². The van der Waals surface area contributed by atoms with E-state index in [1.165, 1.54) is 0 Å². The van der Waals surface area contributed by atoms with Crippen LogP contribution in [0.1, 0.15) is 20.8 Å². The fraction of sp³-hybridized carbons (Fsp3) is 0.750. The molecule has 1 saturated heterocycles. The molecule has 2 amide bonds. The van der Waals surface area contributed by atoms with Gasteiger partial charge in [-0.3, -0.25) is 9.58 Å². The SMILES string of the molecule is CC(C)CN1CCO[C@H](CNC(=O)N[C@@H](C)Cn2cccn2)C1. The van der Waals surface area contributed by atoms with E-state index in [9.17, 15) is 4.79 Å². The predicted octanol–water partition coefficient (Wildman–Crippen LogP) is 0.928. The van der Waals surface area contributed by atoms with Gasteiger partial charge in [0.1, 0.15) is 0 Å². The van der Waals surface area contributed by atoms with Gasteiger partial charge < -0.3 is 15.4 Å². The van der Waals surface area contributed by atoms with Gasteiger partial charge in [0.2, 0.25) is 0 Å². The highest BCUT2D eigenvalue weighted by molar-refractivity contribution is 5.74. The number of carbonyl (C=O) groups excluding carboxylic acids is 1. The van der Waals surface area contributed by atoms with Gasteiger partial charge in [-0.1, -0.05) is 13.8 Å².